The molecule has 0 spiro atoms. The largest absolute Gasteiger partial charge is 0.375 e. The third-order valence-corrected chi connectivity index (χ3v) is 5.49. The molecule has 0 heterocycles. The zero-order valence-electron chi connectivity index (χ0n) is 11.7. The van der Waals surface area contributed by atoms with Gasteiger partial charge in [-0.3, -0.25) is 0 Å². The van der Waals surface area contributed by atoms with Gasteiger partial charge in [-0.1, -0.05) is 12.8 Å². The predicted octanol–water partition coefficient (Wildman–Crippen LogP) is 3.49. The van der Waals surface area contributed by atoms with E-state index in [0.717, 1.165) is 30.9 Å². The SMILES string of the molecule is NCCCCCCOC12CC3CC(CC(C3)C1)C2. The molecular formula is C16H29NO. The highest BCUT2D eigenvalue weighted by Gasteiger charge is 2.51. The molecule has 4 aliphatic rings. The average Bonchev–Trinajstić information content (AvgIpc) is 2.32. The summed E-state index contributed by atoms with van der Waals surface area (Å²) in [4.78, 5) is 0. The second-order valence-electron chi connectivity index (χ2n) is 7.15. The van der Waals surface area contributed by atoms with Crippen molar-refractivity contribution in [1.29, 1.82) is 0 Å². The van der Waals surface area contributed by atoms with E-state index in [4.69, 9.17) is 10.5 Å². The number of hydrogen-bond acceptors (Lipinski definition) is 2. The summed E-state index contributed by atoms with van der Waals surface area (Å²) in [6, 6.07) is 0. The number of hydrogen-bond donors (Lipinski definition) is 1. The van der Waals surface area contributed by atoms with Gasteiger partial charge >= 0.3 is 0 Å². The van der Waals surface area contributed by atoms with Gasteiger partial charge in [-0.25, -0.2) is 0 Å². The normalized spacial score (nSPS) is 41.5. The monoisotopic (exact) mass is 251 g/mol. The van der Waals surface area contributed by atoms with E-state index in [1.807, 2.05) is 0 Å². The first-order valence-electron chi connectivity index (χ1n) is 8.14. The molecule has 4 bridgehead atoms. The first-order chi connectivity index (χ1) is 8.80. The van der Waals surface area contributed by atoms with Crippen LogP contribution in [0.3, 0.4) is 0 Å². The standard InChI is InChI=1S/C16H29NO/c17-5-3-1-2-4-6-18-16-10-13-7-14(11-16)9-15(8-13)12-16/h13-15H,1-12,17H2. The van der Waals surface area contributed by atoms with Crippen LogP contribution in [-0.2, 0) is 4.74 Å². The molecule has 0 radical (unpaired) electrons. The summed E-state index contributed by atoms with van der Waals surface area (Å²) in [6.45, 7) is 1.84. The van der Waals surface area contributed by atoms with Gasteiger partial charge < -0.3 is 10.5 Å². The van der Waals surface area contributed by atoms with Gasteiger partial charge in [-0.05, 0) is 75.7 Å². The fourth-order valence-corrected chi connectivity index (χ4v) is 5.10. The van der Waals surface area contributed by atoms with Crippen LogP contribution >= 0.6 is 0 Å². The Morgan fingerprint density at radius 3 is 1.94 bits per heavy atom. The molecule has 0 aliphatic heterocycles. The fourth-order valence-electron chi connectivity index (χ4n) is 5.10. The highest BCUT2D eigenvalue weighted by molar-refractivity contribution is 5.03. The summed E-state index contributed by atoms with van der Waals surface area (Å²) < 4.78 is 6.39. The summed E-state index contributed by atoms with van der Waals surface area (Å²) >= 11 is 0. The minimum atomic E-state index is 0.322. The lowest BCUT2D eigenvalue weighted by Crippen LogP contribution is -2.52. The maximum Gasteiger partial charge on any atom is 0.0690 e. The van der Waals surface area contributed by atoms with Crippen LogP contribution in [-0.4, -0.2) is 18.8 Å². The van der Waals surface area contributed by atoms with Crippen molar-refractivity contribution in [2.45, 2.75) is 69.8 Å². The van der Waals surface area contributed by atoms with E-state index >= 15 is 0 Å². The van der Waals surface area contributed by atoms with E-state index in [0.29, 0.717) is 5.60 Å². The Balaban J connectivity index is 1.42. The number of rotatable bonds is 7. The molecule has 4 rings (SSSR count). The quantitative estimate of drug-likeness (QED) is 0.703. The summed E-state index contributed by atoms with van der Waals surface area (Å²) in [5, 5.41) is 0. The molecule has 0 aromatic carbocycles. The Kier molecular flexibility index (Phi) is 3.95. The van der Waals surface area contributed by atoms with Gasteiger partial charge in [0.25, 0.3) is 0 Å². The van der Waals surface area contributed by atoms with Crippen molar-refractivity contribution in [3.8, 4) is 0 Å². The Morgan fingerprint density at radius 1 is 0.833 bits per heavy atom. The van der Waals surface area contributed by atoms with Crippen molar-refractivity contribution in [1.82, 2.24) is 0 Å². The van der Waals surface area contributed by atoms with Crippen molar-refractivity contribution in [2.24, 2.45) is 23.5 Å². The van der Waals surface area contributed by atoms with E-state index in [1.54, 1.807) is 0 Å². The zero-order chi connectivity index (χ0) is 12.4. The maximum atomic E-state index is 6.39. The Hall–Kier alpha value is -0.0800. The predicted molar refractivity (Wildman–Crippen MR) is 74.4 cm³/mol. The molecular weight excluding hydrogens is 222 g/mol. The number of ether oxygens (including phenoxy) is 1. The minimum Gasteiger partial charge on any atom is -0.375 e. The highest BCUT2D eigenvalue weighted by Crippen LogP contribution is 2.57. The smallest absolute Gasteiger partial charge is 0.0690 e. The summed E-state index contributed by atoms with van der Waals surface area (Å²) in [5.74, 6) is 3.02. The lowest BCUT2D eigenvalue weighted by atomic mass is 9.54. The molecule has 0 unspecified atom stereocenters. The highest BCUT2D eigenvalue weighted by atomic mass is 16.5. The molecule has 0 atom stereocenters. The van der Waals surface area contributed by atoms with Gasteiger partial charge in [-0.15, -0.1) is 0 Å². The molecule has 4 saturated carbocycles. The fraction of sp³-hybridized carbons (Fsp3) is 1.00. The van der Waals surface area contributed by atoms with Crippen LogP contribution in [0.1, 0.15) is 64.2 Å². The molecule has 2 N–H and O–H groups in total. The van der Waals surface area contributed by atoms with Crippen LogP contribution in [0, 0.1) is 17.8 Å². The Labute approximate surface area is 112 Å². The second kappa shape index (κ2) is 5.50. The minimum absolute atomic E-state index is 0.322. The van der Waals surface area contributed by atoms with E-state index < -0.39 is 0 Å². The molecule has 0 saturated heterocycles. The van der Waals surface area contributed by atoms with E-state index in [-0.39, 0.29) is 0 Å². The molecule has 0 amide bonds. The lowest BCUT2D eigenvalue weighted by molar-refractivity contribution is -0.162. The van der Waals surface area contributed by atoms with Crippen LogP contribution in [0.15, 0.2) is 0 Å². The molecule has 4 aliphatic carbocycles. The van der Waals surface area contributed by atoms with Gasteiger partial charge in [0, 0.05) is 6.61 Å². The van der Waals surface area contributed by atoms with Gasteiger partial charge in [0.2, 0.25) is 0 Å². The summed E-state index contributed by atoms with van der Waals surface area (Å²) in [7, 11) is 0. The van der Waals surface area contributed by atoms with E-state index in [1.165, 1.54) is 64.2 Å². The van der Waals surface area contributed by atoms with Gasteiger partial charge in [-0.2, -0.15) is 0 Å². The van der Waals surface area contributed by atoms with Gasteiger partial charge in [0.1, 0.15) is 0 Å². The van der Waals surface area contributed by atoms with Crippen molar-refractivity contribution < 1.29 is 4.74 Å². The molecule has 104 valence electrons. The molecule has 18 heavy (non-hydrogen) atoms. The summed E-state index contributed by atoms with van der Waals surface area (Å²) in [6.07, 6.45) is 13.7. The molecule has 2 heteroatoms. The lowest BCUT2D eigenvalue weighted by Gasteiger charge is -2.56. The first kappa shape index (κ1) is 12.9. The molecule has 2 nitrogen and oxygen atoms in total. The maximum absolute atomic E-state index is 6.39. The van der Waals surface area contributed by atoms with Gasteiger partial charge in [0.05, 0.1) is 5.60 Å². The topological polar surface area (TPSA) is 35.2 Å². The van der Waals surface area contributed by atoms with Crippen LogP contribution < -0.4 is 5.73 Å². The molecule has 0 aromatic rings. The number of unbranched alkanes of at least 4 members (excludes halogenated alkanes) is 3. The van der Waals surface area contributed by atoms with E-state index in [2.05, 4.69) is 0 Å². The first-order valence-corrected chi connectivity index (χ1v) is 8.14. The summed E-state index contributed by atoms with van der Waals surface area (Å²) in [5.41, 5.74) is 5.84. The van der Waals surface area contributed by atoms with Crippen molar-refractivity contribution >= 4 is 0 Å². The van der Waals surface area contributed by atoms with Crippen molar-refractivity contribution in [2.75, 3.05) is 13.2 Å². The average molecular weight is 251 g/mol. The van der Waals surface area contributed by atoms with Crippen molar-refractivity contribution in [3.63, 3.8) is 0 Å². The number of nitrogens with two attached hydrogens (primary N) is 1. The molecule has 0 aromatic heterocycles. The second-order valence-corrected chi connectivity index (χ2v) is 7.15. The van der Waals surface area contributed by atoms with Crippen LogP contribution in [0.25, 0.3) is 0 Å². The van der Waals surface area contributed by atoms with Crippen LogP contribution in [0.2, 0.25) is 0 Å². The third kappa shape index (κ3) is 2.75. The van der Waals surface area contributed by atoms with Crippen LogP contribution in [0.5, 0.6) is 0 Å². The molecule has 4 fully saturated rings. The Morgan fingerprint density at radius 2 is 1.39 bits per heavy atom. The zero-order valence-corrected chi connectivity index (χ0v) is 11.7. The van der Waals surface area contributed by atoms with Gasteiger partial charge in [0.15, 0.2) is 0 Å². The van der Waals surface area contributed by atoms with E-state index in [9.17, 15) is 0 Å². The van der Waals surface area contributed by atoms with Crippen LogP contribution in [0.4, 0.5) is 0 Å². The third-order valence-electron chi connectivity index (χ3n) is 5.49. The van der Waals surface area contributed by atoms with Crippen molar-refractivity contribution in [3.05, 3.63) is 0 Å². The Bertz CT molecular complexity index is 241.